The van der Waals surface area contributed by atoms with E-state index in [0.29, 0.717) is 0 Å². The smallest absolute Gasteiger partial charge is 0.0794 e. The molecule has 1 fully saturated rings. The highest BCUT2D eigenvalue weighted by molar-refractivity contribution is 7.09. The first-order chi connectivity index (χ1) is 9.42. The number of rotatable bonds is 5. The molecule has 1 aliphatic heterocycles. The number of nitrogens with one attached hydrogen (secondary N) is 1. The van der Waals surface area contributed by atoms with Crippen LogP contribution in [0.5, 0.6) is 0 Å². The third-order valence-corrected chi connectivity index (χ3v) is 4.30. The topological polar surface area (TPSA) is 28.2 Å². The molecule has 0 spiro atoms. The molecular formula is C15H19N3S. The molecule has 0 saturated carbocycles. The van der Waals surface area contributed by atoms with Crippen LogP contribution < -0.4 is 10.2 Å². The maximum absolute atomic E-state index is 4.08. The minimum Gasteiger partial charge on any atom is -0.372 e. The molecule has 0 radical (unpaired) electrons. The van der Waals surface area contributed by atoms with Crippen LogP contribution in [-0.4, -0.2) is 18.1 Å². The van der Waals surface area contributed by atoms with E-state index in [0.717, 1.165) is 13.1 Å². The lowest BCUT2D eigenvalue weighted by molar-refractivity contribution is 0.700. The molecule has 1 aromatic heterocycles. The summed E-state index contributed by atoms with van der Waals surface area (Å²) in [4.78, 5) is 7.83. The van der Waals surface area contributed by atoms with Crippen molar-refractivity contribution in [3.05, 3.63) is 46.4 Å². The van der Waals surface area contributed by atoms with Crippen LogP contribution in [0.25, 0.3) is 0 Å². The van der Waals surface area contributed by atoms with Crippen LogP contribution in [0.3, 0.4) is 0 Å². The molecule has 0 atom stereocenters. The second-order valence-corrected chi connectivity index (χ2v) is 5.90. The van der Waals surface area contributed by atoms with Crippen molar-refractivity contribution in [1.82, 2.24) is 10.3 Å². The highest BCUT2D eigenvalue weighted by Gasteiger charge is 2.11. The zero-order chi connectivity index (χ0) is 12.9. The summed E-state index contributed by atoms with van der Waals surface area (Å²) in [6, 6.07) is 8.95. The monoisotopic (exact) mass is 273 g/mol. The Labute approximate surface area is 118 Å². The van der Waals surface area contributed by atoms with Gasteiger partial charge in [0.1, 0.15) is 0 Å². The normalized spacial score (nSPS) is 15.1. The van der Waals surface area contributed by atoms with E-state index >= 15 is 0 Å². The first-order valence-electron chi connectivity index (χ1n) is 6.84. The predicted octanol–water partition coefficient (Wildman–Crippen LogP) is 3.03. The van der Waals surface area contributed by atoms with Gasteiger partial charge in [-0.05, 0) is 30.5 Å². The molecular weight excluding hydrogens is 254 g/mol. The molecule has 100 valence electrons. The van der Waals surface area contributed by atoms with Crippen molar-refractivity contribution in [2.75, 3.05) is 18.0 Å². The summed E-state index contributed by atoms with van der Waals surface area (Å²) < 4.78 is 0. The molecule has 3 nitrogen and oxygen atoms in total. The van der Waals surface area contributed by atoms with Crippen molar-refractivity contribution < 1.29 is 0 Å². The van der Waals surface area contributed by atoms with Crippen molar-refractivity contribution in [2.24, 2.45) is 0 Å². The van der Waals surface area contributed by atoms with Crippen molar-refractivity contribution in [2.45, 2.75) is 25.9 Å². The number of aromatic nitrogens is 1. The quantitative estimate of drug-likeness (QED) is 0.907. The molecule has 1 aliphatic rings. The second-order valence-electron chi connectivity index (χ2n) is 4.93. The Bertz CT molecular complexity index is 487. The average Bonchev–Trinajstić information content (AvgIpc) is 3.13. The molecule has 19 heavy (non-hydrogen) atoms. The summed E-state index contributed by atoms with van der Waals surface area (Å²) in [5.74, 6) is 0. The van der Waals surface area contributed by atoms with Gasteiger partial charge in [-0.2, -0.15) is 0 Å². The number of anilines is 1. The van der Waals surface area contributed by atoms with Crippen LogP contribution >= 0.6 is 11.3 Å². The molecule has 0 amide bonds. The summed E-state index contributed by atoms with van der Waals surface area (Å²) in [7, 11) is 0. The van der Waals surface area contributed by atoms with E-state index < -0.39 is 0 Å². The minimum absolute atomic E-state index is 0.901. The van der Waals surface area contributed by atoms with E-state index in [1.165, 1.54) is 42.1 Å². The highest BCUT2D eigenvalue weighted by atomic mass is 32.1. The Balaban J connectivity index is 1.51. The van der Waals surface area contributed by atoms with Crippen molar-refractivity contribution in [3.63, 3.8) is 0 Å². The Morgan fingerprint density at radius 3 is 2.58 bits per heavy atom. The first kappa shape index (κ1) is 12.6. The zero-order valence-corrected chi connectivity index (χ0v) is 11.8. The molecule has 1 saturated heterocycles. The fourth-order valence-corrected chi connectivity index (χ4v) is 3.02. The molecule has 3 rings (SSSR count). The number of benzene rings is 1. The molecule has 2 heterocycles. The molecule has 2 aromatic rings. The highest BCUT2D eigenvalue weighted by Crippen LogP contribution is 2.20. The summed E-state index contributed by atoms with van der Waals surface area (Å²) in [6.07, 6.45) is 4.59. The van der Waals surface area contributed by atoms with Gasteiger partial charge in [0.2, 0.25) is 0 Å². The lowest BCUT2D eigenvalue weighted by Crippen LogP contribution is -2.17. The van der Waals surface area contributed by atoms with Gasteiger partial charge in [0.15, 0.2) is 0 Å². The number of hydrogen-bond acceptors (Lipinski definition) is 4. The molecule has 4 heteroatoms. The third kappa shape index (κ3) is 3.33. The van der Waals surface area contributed by atoms with Crippen molar-refractivity contribution in [1.29, 1.82) is 0 Å². The zero-order valence-electron chi connectivity index (χ0n) is 11.0. The fourth-order valence-electron chi connectivity index (χ4n) is 2.46. The van der Waals surface area contributed by atoms with E-state index in [2.05, 4.69) is 39.5 Å². The number of nitrogens with zero attached hydrogens (tertiary/aromatic N) is 2. The van der Waals surface area contributed by atoms with Gasteiger partial charge in [-0.3, -0.25) is 4.98 Å². The number of hydrogen-bond donors (Lipinski definition) is 1. The molecule has 0 bridgehead atoms. The van der Waals surface area contributed by atoms with E-state index in [9.17, 15) is 0 Å². The predicted molar refractivity (Wildman–Crippen MR) is 80.5 cm³/mol. The Hall–Kier alpha value is -1.39. The fraction of sp³-hybridized carbons (Fsp3) is 0.400. The van der Waals surface area contributed by atoms with E-state index in [1.807, 2.05) is 11.7 Å². The minimum atomic E-state index is 0.901. The second kappa shape index (κ2) is 6.17. The van der Waals surface area contributed by atoms with Crippen LogP contribution in [0, 0.1) is 0 Å². The Morgan fingerprint density at radius 1 is 1.11 bits per heavy atom. The molecule has 1 aromatic carbocycles. The molecule has 0 aliphatic carbocycles. The van der Waals surface area contributed by atoms with Gasteiger partial charge in [-0.15, -0.1) is 11.3 Å². The largest absolute Gasteiger partial charge is 0.372 e. The van der Waals surface area contributed by atoms with Gasteiger partial charge in [-0.1, -0.05) is 12.1 Å². The molecule has 1 N–H and O–H groups in total. The van der Waals surface area contributed by atoms with Gasteiger partial charge in [-0.25, -0.2) is 0 Å². The van der Waals surface area contributed by atoms with E-state index in [1.54, 1.807) is 11.3 Å². The molecule has 0 unspecified atom stereocenters. The summed E-state index contributed by atoms with van der Waals surface area (Å²) in [5, 5.41) is 3.45. The van der Waals surface area contributed by atoms with Gasteiger partial charge < -0.3 is 10.2 Å². The standard InChI is InChI=1S/C15H19N3S/c1-2-8-18(7-1)14-5-3-13(4-6-14)9-16-10-15-11-17-12-19-15/h3-6,11-12,16H,1-2,7-10H2. The maximum Gasteiger partial charge on any atom is 0.0794 e. The summed E-state index contributed by atoms with van der Waals surface area (Å²) >= 11 is 1.70. The Morgan fingerprint density at radius 2 is 1.89 bits per heavy atom. The van der Waals surface area contributed by atoms with Crippen LogP contribution in [0.15, 0.2) is 36.0 Å². The van der Waals surface area contributed by atoms with Gasteiger partial charge in [0.05, 0.1) is 5.51 Å². The summed E-state index contributed by atoms with van der Waals surface area (Å²) in [5.41, 5.74) is 4.58. The summed E-state index contributed by atoms with van der Waals surface area (Å²) in [6.45, 7) is 4.24. The van der Waals surface area contributed by atoms with Crippen LogP contribution in [0.2, 0.25) is 0 Å². The van der Waals surface area contributed by atoms with Crippen LogP contribution in [0.1, 0.15) is 23.3 Å². The van der Waals surface area contributed by atoms with Crippen LogP contribution in [0.4, 0.5) is 5.69 Å². The number of thiazole rings is 1. The van der Waals surface area contributed by atoms with Gasteiger partial charge >= 0.3 is 0 Å². The third-order valence-electron chi connectivity index (χ3n) is 3.52. The lowest BCUT2D eigenvalue weighted by Gasteiger charge is -2.17. The average molecular weight is 273 g/mol. The maximum atomic E-state index is 4.08. The van der Waals surface area contributed by atoms with Gasteiger partial charge in [0.25, 0.3) is 0 Å². The van der Waals surface area contributed by atoms with Crippen LogP contribution in [-0.2, 0) is 13.1 Å². The Kier molecular flexibility index (Phi) is 4.10. The SMILES string of the molecule is c1ncc(CNCc2ccc(N3CCCC3)cc2)s1. The lowest BCUT2D eigenvalue weighted by atomic mass is 10.2. The van der Waals surface area contributed by atoms with E-state index in [-0.39, 0.29) is 0 Å². The van der Waals surface area contributed by atoms with Gasteiger partial charge in [0, 0.05) is 42.9 Å². The van der Waals surface area contributed by atoms with Crippen molar-refractivity contribution in [3.8, 4) is 0 Å². The first-order valence-corrected chi connectivity index (χ1v) is 7.72. The van der Waals surface area contributed by atoms with E-state index in [4.69, 9.17) is 0 Å². The van der Waals surface area contributed by atoms with Crippen molar-refractivity contribution >= 4 is 17.0 Å².